The van der Waals surface area contributed by atoms with E-state index in [1.165, 1.54) is 5.56 Å². The number of aromatic nitrogens is 1. The highest BCUT2D eigenvalue weighted by Gasteiger charge is 2.25. The molecule has 1 saturated heterocycles. The number of nitrogens with zero attached hydrogens (tertiary/aromatic N) is 2. The molecule has 17 heavy (non-hydrogen) atoms. The molecule has 2 rings (SSSR count). The zero-order chi connectivity index (χ0) is 12.3. The van der Waals surface area contributed by atoms with Gasteiger partial charge in [-0.2, -0.15) is 0 Å². The van der Waals surface area contributed by atoms with E-state index in [1.54, 1.807) is 0 Å². The summed E-state index contributed by atoms with van der Waals surface area (Å²) in [5, 5.41) is 3.19. The van der Waals surface area contributed by atoms with Crippen LogP contribution in [-0.4, -0.2) is 37.3 Å². The van der Waals surface area contributed by atoms with Gasteiger partial charge < -0.3 is 15.0 Å². The second-order valence-corrected chi connectivity index (χ2v) is 4.66. The number of nitrogens with one attached hydrogen (secondary N) is 1. The number of morpholine rings is 1. The van der Waals surface area contributed by atoms with Crippen molar-refractivity contribution in [2.75, 3.05) is 25.1 Å². The largest absolute Gasteiger partial charge is 0.375 e. The molecular formula is C13H21N3O. The SMILES string of the molecule is CNCc1cccnc1N1CC(C)OCC1C. The third-order valence-corrected chi connectivity index (χ3v) is 3.11. The minimum Gasteiger partial charge on any atom is -0.375 e. The molecule has 4 heteroatoms. The van der Waals surface area contributed by atoms with Crippen LogP contribution in [0.1, 0.15) is 19.4 Å². The maximum Gasteiger partial charge on any atom is 0.133 e. The lowest BCUT2D eigenvalue weighted by molar-refractivity contribution is 0.0340. The van der Waals surface area contributed by atoms with Gasteiger partial charge in [0.2, 0.25) is 0 Å². The van der Waals surface area contributed by atoms with Crippen LogP contribution in [0, 0.1) is 0 Å². The van der Waals surface area contributed by atoms with Crippen molar-refractivity contribution in [2.45, 2.75) is 32.5 Å². The highest BCUT2D eigenvalue weighted by Crippen LogP contribution is 2.23. The first kappa shape index (κ1) is 12.3. The summed E-state index contributed by atoms with van der Waals surface area (Å²) in [6, 6.07) is 4.51. The van der Waals surface area contributed by atoms with E-state index in [9.17, 15) is 0 Å². The first-order valence-electron chi connectivity index (χ1n) is 6.19. The standard InChI is InChI=1S/C13H21N3O/c1-10-9-17-11(2)8-16(10)13-12(7-14-3)5-4-6-15-13/h4-6,10-11,14H,7-9H2,1-3H3. The van der Waals surface area contributed by atoms with Crippen molar-refractivity contribution in [1.29, 1.82) is 0 Å². The van der Waals surface area contributed by atoms with Crippen LogP contribution in [0.5, 0.6) is 0 Å². The molecule has 0 aromatic carbocycles. The third-order valence-electron chi connectivity index (χ3n) is 3.11. The van der Waals surface area contributed by atoms with Crippen LogP contribution < -0.4 is 10.2 Å². The van der Waals surface area contributed by atoms with Crippen LogP contribution in [0.4, 0.5) is 5.82 Å². The smallest absolute Gasteiger partial charge is 0.133 e. The molecule has 1 aliphatic rings. The molecule has 0 spiro atoms. The van der Waals surface area contributed by atoms with Crippen LogP contribution in [0.25, 0.3) is 0 Å². The minimum absolute atomic E-state index is 0.274. The molecule has 0 saturated carbocycles. The minimum atomic E-state index is 0.274. The van der Waals surface area contributed by atoms with Crippen molar-refractivity contribution in [2.24, 2.45) is 0 Å². The van der Waals surface area contributed by atoms with E-state index in [4.69, 9.17) is 4.74 Å². The zero-order valence-electron chi connectivity index (χ0n) is 10.8. The third kappa shape index (κ3) is 2.76. The molecule has 94 valence electrons. The van der Waals surface area contributed by atoms with Gasteiger partial charge in [0.15, 0.2) is 0 Å². The fraction of sp³-hybridized carbons (Fsp3) is 0.615. The Morgan fingerprint density at radius 1 is 1.53 bits per heavy atom. The van der Waals surface area contributed by atoms with E-state index in [0.717, 1.165) is 25.5 Å². The molecule has 2 heterocycles. The Balaban J connectivity index is 2.25. The molecule has 0 bridgehead atoms. The van der Waals surface area contributed by atoms with Crippen molar-refractivity contribution in [1.82, 2.24) is 10.3 Å². The number of hydrogen-bond donors (Lipinski definition) is 1. The predicted octanol–water partition coefficient (Wildman–Crippen LogP) is 1.41. The van der Waals surface area contributed by atoms with Gasteiger partial charge in [-0.15, -0.1) is 0 Å². The van der Waals surface area contributed by atoms with Gasteiger partial charge in [0, 0.05) is 24.8 Å². The Morgan fingerprint density at radius 3 is 3.12 bits per heavy atom. The second kappa shape index (κ2) is 5.47. The Morgan fingerprint density at radius 2 is 2.35 bits per heavy atom. The van der Waals surface area contributed by atoms with Crippen LogP contribution in [0.2, 0.25) is 0 Å². The predicted molar refractivity (Wildman–Crippen MR) is 69.2 cm³/mol. The van der Waals surface area contributed by atoms with Crippen molar-refractivity contribution in [3.05, 3.63) is 23.9 Å². The van der Waals surface area contributed by atoms with Gasteiger partial charge in [-0.3, -0.25) is 0 Å². The molecule has 1 N–H and O–H groups in total. The van der Waals surface area contributed by atoms with Gasteiger partial charge in [-0.1, -0.05) is 6.07 Å². The van der Waals surface area contributed by atoms with Gasteiger partial charge in [0.05, 0.1) is 18.8 Å². The van der Waals surface area contributed by atoms with Crippen molar-refractivity contribution >= 4 is 5.82 Å². The van der Waals surface area contributed by atoms with Crippen molar-refractivity contribution < 1.29 is 4.74 Å². The average Bonchev–Trinajstić information content (AvgIpc) is 2.34. The van der Waals surface area contributed by atoms with Crippen molar-refractivity contribution in [3.8, 4) is 0 Å². The summed E-state index contributed by atoms with van der Waals surface area (Å²) < 4.78 is 5.66. The van der Waals surface area contributed by atoms with E-state index >= 15 is 0 Å². The van der Waals surface area contributed by atoms with Gasteiger partial charge in [0.25, 0.3) is 0 Å². The molecule has 0 radical (unpaired) electrons. The maximum absolute atomic E-state index is 5.66. The van der Waals surface area contributed by atoms with Crippen LogP contribution in [0.15, 0.2) is 18.3 Å². The molecule has 2 atom stereocenters. The number of pyridine rings is 1. The molecule has 2 unspecified atom stereocenters. The van der Waals surface area contributed by atoms with E-state index in [0.29, 0.717) is 6.04 Å². The van der Waals surface area contributed by atoms with Gasteiger partial charge in [0.1, 0.15) is 5.82 Å². The Bertz CT molecular complexity index is 369. The quantitative estimate of drug-likeness (QED) is 0.859. The summed E-state index contributed by atoms with van der Waals surface area (Å²) in [7, 11) is 1.96. The lowest BCUT2D eigenvalue weighted by atomic mass is 10.1. The topological polar surface area (TPSA) is 37.4 Å². The van der Waals surface area contributed by atoms with Crippen LogP contribution in [0.3, 0.4) is 0 Å². The van der Waals surface area contributed by atoms with E-state index in [1.807, 2.05) is 19.3 Å². The highest BCUT2D eigenvalue weighted by atomic mass is 16.5. The first-order chi connectivity index (χ1) is 8.22. The average molecular weight is 235 g/mol. The number of ether oxygens (including phenoxy) is 1. The molecule has 1 aliphatic heterocycles. The molecule has 1 aromatic heterocycles. The normalized spacial score (nSPS) is 25.0. The summed E-state index contributed by atoms with van der Waals surface area (Å²) in [4.78, 5) is 6.88. The molecule has 4 nitrogen and oxygen atoms in total. The van der Waals surface area contributed by atoms with E-state index < -0.39 is 0 Å². The van der Waals surface area contributed by atoms with Gasteiger partial charge >= 0.3 is 0 Å². The Hall–Kier alpha value is -1.13. The summed E-state index contributed by atoms with van der Waals surface area (Å²) >= 11 is 0. The second-order valence-electron chi connectivity index (χ2n) is 4.66. The fourth-order valence-electron chi connectivity index (χ4n) is 2.22. The summed E-state index contributed by atoms with van der Waals surface area (Å²) in [5.74, 6) is 1.09. The number of rotatable bonds is 3. The monoisotopic (exact) mass is 235 g/mol. The highest BCUT2D eigenvalue weighted by molar-refractivity contribution is 5.48. The Labute approximate surface area is 103 Å². The molecule has 0 aliphatic carbocycles. The molecule has 1 fully saturated rings. The lowest BCUT2D eigenvalue weighted by Crippen LogP contribution is -2.48. The lowest BCUT2D eigenvalue weighted by Gasteiger charge is -2.38. The molecule has 0 amide bonds. The molecular weight excluding hydrogens is 214 g/mol. The maximum atomic E-state index is 5.66. The summed E-state index contributed by atoms with van der Waals surface area (Å²) in [6.45, 7) is 6.83. The number of anilines is 1. The first-order valence-corrected chi connectivity index (χ1v) is 6.19. The van der Waals surface area contributed by atoms with Gasteiger partial charge in [-0.25, -0.2) is 4.98 Å². The van der Waals surface area contributed by atoms with E-state index in [2.05, 4.69) is 35.1 Å². The van der Waals surface area contributed by atoms with Crippen LogP contribution >= 0.6 is 0 Å². The van der Waals surface area contributed by atoms with Crippen molar-refractivity contribution in [3.63, 3.8) is 0 Å². The summed E-state index contributed by atoms with van der Waals surface area (Å²) in [6.07, 6.45) is 2.14. The fourth-order valence-corrected chi connectivity index (χ4v) is 2.22. The van der Waals surface area contributed by atoms with Crippen LogP contribution in [-0.2, 0) is 11.3 Å². The van der Waals surface area contributed by atoms with Gasteiger partial charge in [-0.05, 0) is 27.0 Å². The summed E-state index contributed by atoms with van der Waals surface area (Å²) in [5.41, 5.74) is 1.25. The van der Waals surface area contributed by atoms with E-state index in [-0.39, 0.29) is 6.10 Å². The Kier molecular flexibility index (Phi) is 3.97. The number of hydrogen-bond acceptors (Lipinski definition) is 4. The molecule has 1 aromatic rings. The zero-order valence-corrected chi connectivity index (χ0v) is 10.8.